The smallest absolute Gasteiger partial charge is 0.146 e. The van der Waals surface area contributed by atoms with Crippen molar-refractivity contribution in [3.05, 3.63) is 0 Å². The highest BCUT2D eigenvalue weighted by molar-refractivity contribution is 5.21. The topological polar surface area (TPSA) is 45.3 Å². The van der Waals surface area contributed by atoms with E-state index in [1.165, 1.54) is 25.7 Å². The maximum atomic E-state index is 10.3. The molecule has 0 aromatic heterocycles. The summed E-state index contributed by atoms with van der Waals surface area (Å²) in [6, 6.07) is 0. The highest BCUT2D eigenvalue weighted by Gasteiger charge is 2.74. The molecule has 0 aromatic carbocycles. The highest BCUT2D eigenvalue weighted by Crippen LogP contribution is 2.59. The quantitative estimate of drug-likeness (QED) is 0.580. The van der Waals surface area contributed by atoms with E-state index in [1.807, 2.05) is 0 Å². The molecule has 0 radical (unpaired) electrons. The summed E-state index contributed by atoms with van der Waals surface area (Å²) in [7, 11) is 0. The molecule has 2 aliphatic heterocycles. The van der Waals surface area contributed by atoms with Gasteiger partial charge in [0, 0.05) is 0 Å². The Morgan fingerprint density at radius 3 is 2.57 bits per heavy atom. The number of hydrogen-bond donors (Lipinski definition) is 1. The third kappa shape index (κ3) is 0.802. The van der Waals surface area contributed by atoms with Gasteiger partial charge in [0.05, 0.1) is 18.8 Å². The monoisotopic (exact) mass is 196 g/mol. The molecule has 1 N–H and O–H groups in total. The van der Waals surface area contributed by atoms with Gasteiger partial charge in [-0.2, -0.15) is 0 Å². The maximum absolute atomic E-state index is 10.3. The van der Waals surface area contributed by atoms with Crippen molar-refractivity contribution in [2.24, 2.45) is 11.8 Å². The van der Waals surface area contributed by atoms with Crippen LogP contribution in [0.2, 0.25) is 0 Å². The van der Waals surface area contributed by atoms with Crippen molar-refractivity contribution in [3.8, 4) is 0 Å². The first kappa shape index (κ1) is 8.08. The molecular weight excluding hydrogens is 180 g/mol. The summed E-state index contributed by atoms with van der Waals surface area (Å²) < 4.78 is 11.2. The Morgan fingerprint density at radius 2 is 1.86 bits per heavy atom. The van der Waals surface area contributed by atoms with Crippen LogP contribution in [0.15, 0.2) is 0 Å². The van der Waals surface area contributed by atoms with Crippen LogP contribution in [-0.4, -0.2) is 35.6 Å². The number of rotatable bonds is 0. The van der Waals surface area contributed by atoms with Crippen LogP contribution in [0.1, 0.15) is 25.7 Å². The van der Waals surface area contributed by atoms with Gasteiger partial charge in [-0.1, -0.05) is 12.8 Å². The first-order valence-corrected chi connectivity index (χ1v) is 5.80. The van der Waals surface area contributed by atoms with Crippen molar-refractivity contribution >= 4 is 0 Å². The Balaban J connectivity index is 1.68. The third-order valence-corrected chi connectivity index (χ3v) is 4.69. The van der Waals surface area contributed by atoms with Crippen LogP contribution in [0.4, 0.5) is 0 Å². The van der Waals surface area contributed by atoms with Gasteiger partial charge in [0.1, 0.15) is 11.7 Å². The average molecular weight is 196 g/mol. The van der Waals surface area contributed by atoms with Gasteiger partial charge in [0.2, 0.25) is 0 Å². The van der Waals surface area contributed by atoms with E-state index in [2.05, 4.69) is 0 Å². The van der Waals surface area contributed by atoms with Crippen LogP contribution < -0.4 is 0 Å². The second-order valence-electron chi connectivity index (χ2n) is 5.32. The molecule has 0 amide bonds. The zero-order valence-corrected chi connectivity index (χ0v) is 8.19. The van der Waals surface area contributed by atoms with Crippen molar-refractivity contribution in [1.29, 1.82) is 0 Å². The van der Waals surface area contributed by atoms with Crippen LogP contribution in [0.5, 0.6) is 0 Å². The van der Waals surface area contributed by atoms with Crippen LogP contribution in [0, 0.1) is 11.8 Å². The lowest BCUT2D eigenvalue weighted by Crippen LogP contribution is -2.51. The van der Waals surface area contributed by atoms with Gasteiger partial charge in [-0.05, 0) is 24.7 Å². The summed E-state index contributed by atoms with van der Waals surface area (Å²) in [5.41, 5.74) is -0.261. The van der Waals surface area contributed by atoms with Crippen molar-refractivity contribution in [2.75, 3.05) is 6.61 Å². The molecule has 2 saturated heterocycles. The van der Waals surface area contributed by atoms with Crippen molar-refractivity contribution in [1.82, 2.24) is 0 Å². The largest absolute Gasteiger partial charge is 0.390 e. The number of epoxide rings is 2. The van der Waals surface area contributed by atoms with E-state index in [-0.39, 0.29) is 17.8 Å². The van der Waals surface area contributed by atoms with Gasteiger partial charge < -0.3 is 14.6 Å². The number of fused-ring (bicyclic) bond motifs is 4. The molecule has 78 valence electrons. The molecule has 4 aliphatic rings. The molecule has 3 heteroatoms. The molecule has 3 nitrogen and oxygen atoms in total. The fourth-order valence-electron chi connectivity index (χ4n) is 3.78. The van der Waals surface area contributed by atoms with Crippen LogP contribution >= 0.6 is 0 Å². The average Bonchev–Trinajstić information content (AvgIpc) is 3.08. The SMILES string of the molecule is OC1C2CCCCC2C2OC2C12CO2. The van der Waals surface area contributed by atoms with Crippen molar-refractivity contribution < 1.29 is 14.6 Å². The summed E-state index contributed by atoms with van der Waals surface area (Å²) in [4.78, 5) is 0. The Labute approximate surface area is 83.4 Å². The lowest BCUT2D eigenvalue weighted by atomic mass is 9.66. The van der Waals surface area contributed by atoms with E-state index in [0.29, 0.717) is 17.9 Å². The predicted molar refractivity (Wildman–Crippen MR) is 48.8 cm³/mol. The molecule has 14 heavy (non-hydrogen) atoms. The van der Waals surface area contributed by atoms with E-state index >= 15 is 0 Å². The Bertz CT molecular complexity index is 274. The number of hydrogen-bond acceptors (Lipinski definition) is 3. The minimum absolute atomic E-state index is 0.233. The molecule has 2 heterocycles. The van der Waals surface area contributed by atoms with Gasteiger partial charge >= 0.3 is 0 Å². The van der Waals surface area contributed by atoms with E-state index in [4.69, 9.17) is 9.47 Å². The fraction of sp³-hybridized carbons (Fsp3) is 1.00. The first-order chi connectivity index (χ1) is 6.83. The Kier molecular flexibility index (Phi) is 1.35. The van der Waals surface area contributed by atoms with Crippen LogP contribution in [0.25, 0.3) is 0 Å². The molecule has 0 aromatic rings. The molecule has 1 spiro atoms. The summed E-state index contributed by atoms with van der Waals surface area (Å²) >= 11 is 0. The minimum Gasteiger partial charge on any atom is -0.390 e. The van der Waals surface area contributed by atoms with Crippen molar-refractivity contribution in [3.63, 3.8) is 0 Å². The Morgan fingerprint density at radius 1 is 1.14 bits per heavy atom. The number of aliphatic hydroxyl groups is 1. The third-order valence-electron chi connectivity index (χ3n) is 4.69. The zero-order chi connectivity index (χ0) is 9.34. The second kappa shape index (κ2) is 2.34. The van der Waals surface area contributed by atoms with Gasteiger partial charge in [0.25, 0.3) is 0 Å². The van der Waals surface area contributed by atoms with Gasteiger partial charge in [-0.15, -0.1) is 0 Å². The van der Waals surface area contributed by atoms with E-state index in [0.717, 1.165) is 6.61 Å². The number of ether oxygens (including phenoxy) is 2. The molecule has 2 aliphatic carbocycles. The first-order valence-electron chi connectivity index (χ1n) is 5.80. The van der Waals surface area contributed by atoms with Crippen molar-refractivity contribution in [2.45, 2.75) is 49.6 Å². The predicted octanol–water partition coefficient (Wildman–Crippen LogP) is 0.704. The zero-order valence-electron chi connectivity index (χ0n) is 8.19. The molecule has 2 saturated carbocycles. The van der Waals surface area contributed by atoms with E-state index < -0.39 is 0 Å². The number of aliphatic hydroxyl groups excluding tert-OH is 1. The molecule has 6 atom stereocenters. The highest BCUT2D eigenvalue weighted by atomic mass is 16.7. The fourth-order valence-corrected chi connectivity index (χ4v) is 3.78. The minimum atomic E-state index is -0.261. The van der Waals surface area contributed by atoms with Gasteiger partial charge in [-0.3, -0.25) is 0 Å². The lowest BCUT2D eigenvalue weighted by Gasteiger charge is -2.39. The molecular formula is C11H16O3. The molecule has 0 bridgehead atoms. The summed E-state index contributed by atoms with van der Waals surface area (Å²) in [6.45, 7) is 0.721. The van der Waals surface area contributed by atoms with Crippen LogP contribution in [0.3, 0.4) is 0 Å². The lowest BCUT2D eigenvalue weighted by molar-refractivity contribution is -0.0322. The summed E-state index contributed by atoms with van der Waals surface area (Å²) in [6.07, 6.45) is 5.40. The molecule has 4 rings (SSSR count). The van der Waals surface area contributed by atoms with Gasteiger partial charge in [-0.25, -0.2) is 0 Å². The maximum Gasteiger partial charge on any atom is 0.146 e. The van der Waals surface area contributed by atoms with Crippen LogP contribution in [-0.2, 0) is 9.47 Å². The second-order valence-corrected chi connectivity index (χ2v) is 5.32. The Hall–Kier alpha value is -0.120. The normalized spacial score (nSPS) is 64.5. The summed E-state index contributed by atoms with van der Waals surface area (Å²) in [5, 5.41) is 10.3. The molecule has 6 unspecified atom stereocenters. The standard InChI is InChI=1S/C11H16O3/c12-9-7-4-2-1-3-6(7)8-10(14-8)11(9)5-13-11/h6-10,12H,1-5H2. The van der Waals surface area contributed by atoms with E-state index in [9.17, 15) is 5.11 Å². The summed E-state index contributed by atoms with van der Waals surface area (Å²) in [5.74, 6) is 1.08. The van der Waals surface area contributed by atoms with Gasteiger partial charge in [0.15, 0.2) is 0 Å². The van der Waals surface area contributed by atoms with E-state index in [1.54, 1.807) is 0 Å². The molecule has 4 fully saturated rings.